The highest BCUT2D eigenvalue weighted by molar-refractivity contribution is 5.51. The Hall–Kier alpha value is -1.26. The minimum Gasteiger partial charge on any atom is -0.497 e. The first-order valence-corrected chi connectivity index (χ1v) is 6.40. The van der Waals surface area contributed by atoms with Crippen LogP contribution in [0.2, 0.25) is 0 Å². The van der Waals surface area contributed by atoms with Gasteiger partial charge in [-0.3, -0.25) is 4.90 Å². The van der Waals surface area contributed by atoms with Crippen molar-refractivity contribution in [2.45, 2.75) is 25.5 Å². The second-order valence-electron chi connectivity index (χ2n) is 4.78. The Morgan fingerprint density at radius 3 is 2.56 bits per heavy atom. The standard InChI is InChI=1S/C14H22N2O2/c1-17-12-5-7-16(8-6-12)10-11-3-4-13(18-2)9-14(11)15/h3-4,9,12H,5-8,10,15H2,1-2H3. The summed E-state index contributed by atoms with van der Waals surface area (Å²) in [7, 11) is 3.45. The molecule has 1 aliphatic rings. The summed E-state index contributed by atoms with van der Waals surface area (Å²) in [5.41, 5.74) is 8.02. The van der Waals surface area contributed by atoms with E-state index in [0.717, 1.165) is 43.9 Å². The normalized spacial score (nSPS) is 17.9. The van der Waals surface area contributed by atoms with Crippen LogP contribution in [0, 0.1) is 0 Å². The summed E-state index contributed by atoms with van der Waals surface area (Å²) < 4.78 is 10.5. The molecule has 0 aromatic heterocycles. The monoisotopic (exact) mass is 250 g/mol. The molecule has 0 atom stereocenters. The number of nitrogen functional groups attached to an aromatic ring is 1. The van der Waals surface area contributed by atoms with E-state index in [4.69, 9.17) is 15.2 Å². The highest BCUT2D eigenvalue weighted by atomic mass is 16.5. The molecule has 0 bridgehead atoms. The van der Waals surface area contributed by atoms with Crippen LogP contribution in [0.15, 0.2) is 18.2 Å². The number of nitrogens with two attached hydrogens (primary N) is 1. The minimum absolute atomic E-state index is 0.425. The predicted molar refractivity (Wildman–Crippen MR) is 72.7 cm³/mol. The zero-order valence-corrected chi connectivity index (χ0v) is 11.2. The molecule has 0 saturated carbocycles. The largest absolute Gasteiger partial charge is 0.497 e. The maximum atomic E-state index is 6.04. The number of hydrogen-bond acceptors (Lipinski definition) is 4. The molecule has 1 heterocycles. The number of methoxy groups -OCH3 is 2. The van der Waals surface area contributed by atoms with Crippen LogP contribution in [0.25, 0.3) is 0 Å². The molecule has 4 nitrogen and oxygen atoms in total. The van der Waals surface area contributed by atoms with Crippen molar-refractivity contribution in [3.8, 4) is 5.75 Å². The lowest BCUT2D eigenvalue weighted by molar-refractivity contribution is 0.0389. The van der Waals surface area contributed by atoms with Gasteiger partial charge in [0.05, 0.1) is 13.2 Å². The van der Waals surface area contributed by atoms with Crippen molar-refractivity contribution in [2.24, 2.45) is 0 Å². The van der Waals surface area contributed by atoms with Crippen molar-refractivity contribution in [3.05, 3.63) is 23.8 Å². The molecule has 1 saturated heterocycles. The van der Waals surface area contributed by atoms with E-state index in [-0.39, 0.29) is 0 Å². The van der Waals surface area contributed by atoms with Gasteiger partial charge in [-0.25, -0.2) is 0 Å². The molecule has 1 aliphatic heterocycles. The number of hydrogen-bond donors (Lipinski definition) is 1. The van der Waals surface area contributed by atoms with Gasteiger partial charge in [0.2, 0.25) is 0 Å². The van der Waals surface area contributed by atoms with Crippen LogP contribution < -0.4 is 10.5 Å². The molecule has 2 rings (SSSR count). The maximum absolute atomic E-state index is 6.04. The van der Waals surface area contributed by atoms with E-state index in [1.165, 1.54) is 5.56 Å². The van der Waals surface area contributed by atoms with Gasteiger partial charge in [-0.1, -0.05) is 6.07 Å². The summed E-state index contributed by atoms with van der Waals surface area (Å²) in [6.45, 7) is 3.06. The average molecular weight is 250 g/mol. The highest BCUT2D eigenvalue weighted by Gasteiger charge is 2.19. The molecule has 1 fully saturated rings. The molecule has 0 unspecified atom stereocenters. The van der Waals surface area contributed by atoms with Gasteiger partial charge in [0.15, 0.2) is 0 Å². The second-order valence-corrected chi connectivity index (χ2v) is 4.78. The van der Waals surface area contributed by atoms with Gasteiger partial charge in [-0.15, -0.1) is 0 Å². The van der Waals surface area contributed by atoms with E-state index < -0.39 is 0 Å². The van der Waals surface area contributed by atoms with Gasteiger partial charge in [-0.05, 0) is 24.5 Å². The van der Waals surface area contributed by atoms with Crippen molar-refractivity contribution in [2.75, 3.05) is 33.0 Å². The molecule has 0 radical (unpaired) electrons. The summed E-state index contributed by atoms with van der Waals surface area (Å²) in [5, 5.41) is 0. The predicted octanol–water partition coefficient (Wildman–Crippen LogP) is 1.89. The average Bonchev–Trinajstić information content (AvgIpc) is 2.42. The fourth-order valence-corrected chi connectivity index (χ4v) is 2.39. The number of anilines is 1. The lowest BCUT2D eigenvalue weighted by atomic mass is 10.1. The molecule has 100 valence electrons. The Morgan fingerprint density at radius 2 is 2.00 bits per heavy atom. The van der Waals surface area contributed by atoms with Crippen LogP contribution >= 0.6 is 0 Å². The summed E-state index contributed by atoms with van der Waals surface area (Å²) in [6.07, 6.45) is 2.63. The number of ether oxygens (including phenoxy) is 2. The van der Waals surface area contributed by atoms with E-state index in [1.807, 2.05) is 12.1 Å². The molecule has 0 amide bonds. The highest BCUT2D eigenvalue weighted by Crippen LogP contribution is 2.22. The summed E-state index contributed by atoms with van der Waals surface area (Å²) in [6, 6.07) is 5.90. The Morgan fingerprint density at radius 1 is 1.28 bits per heavy atom. The molecular formula is C14H22N2O2. The van der Waals surface area contributed by atoms with E-state index in [2.05, 4.69) is 11.0 Å². The van der Waals surface area contributed by atoms with Crippen LogP contribution in [0.4, 0.5) is 5.69 Å². The van der Waals surface area contributed by atoms with E-state index in [0.29, 0.717) is 6.10 Å². The van der Waals surface area contributed by atoms with E-state index in [1.54, 1.807) is 14.2 Å². The lowest BCUT2D eigenvalue weighted by Gasteiger charge is -2.31. The molecule has 0 aliphatic carbocycles. The second kappa shape index (κ2) is 6.07. The SMILES string of the molecule is COc1ccc(CN2CCC(OC)CC2)c(N)c1. The Labute approximate surface area is 109 Å². The van der Waals surface area contributed by atoms with Crippen molar-refractivity contribution < 1.29 is 9.47 Å². The summed E-state index contributed by atoms with van der Waals surface area (Å²) in [5.74, 6) is 0.814. The zero-order valence-electron chi connectivity index (χ0n) is 11.2. The molecule has 18 heavy (non-hydrogen) atoms. The van der Waals surface area contributed by atoms with Gasteiger partial charge in [0.25, 0.3) is 0 Å². The van der Waals surface area contributed by atoms with Gasteiger partial charge in [0, 0.05) is 38.5 Å². The van der Waals surface area contributed by atoms with Crippen LogP contribution in [0.3, 0.4) is 0 Å². The Balaban J connectivity index is 1.94. The van der Waals surface area contributed by atoms with Gasteiger partial charge >= 0.3 is 0 Å². The first-order chi connectivity index (χ1) is 8.72. The minimum atomic E-state index is 0.425. The van der Waals surface area contributed by atoms with Crippen LogP contribution in [0.5, 0.6) is 5.75 Å². The maximum Gasteiger partial charge on any atom is 0.120 e. The van der Waals surface area contributed by atoms with Crippen LogP contribution in [0.1, 0.15) is 18.4 Å². The molecule has 2 N–H and O–H groups in total. The van der Waals surface area contributed by atoms with Crippen molar-refractivity contribution in [3.63, 3.8) is 0 Å². The zero-order chi connectivity index (χ0) is 13.0. The number of nitrogens with zero attached hydrogens (tertiary/aromatic N) is 1. The molecular weight excluding hydrogens is 228 g/mol. The molecule has 1 aromatic carbocycles. The topological polar surface area (TPSA) is 47.7 Å². The fourth-order valence-electron chi connectivity index (χ4n) is 2.39. The third kappa shape index (κ3) is 3.15. The van der Waals surface area contributed by atoms with Crippen LogP contribution in [-0.4, -0.2) is 38.3 Å². The van der Waals surface area contributed by atoms with Crippen molar-refractivity contribution in [1.29, 1.82) is 0 Å². The lowest BCUT2D eigenvalue weighted by Crippen LogP contribution is -2.36. The number of likely N-dealkylation sites (tertiary alicyclic amines) is 1. The van der Waals surface area contributed by atoms with Gasteiger partial charge < -0.3 is 15.2 Å². The molecule has 1 aromatic rings. The van der Waals surface area contributed by atoms with E-state index in [9.17, 15) is 0 Å². The quantitative estimate of drug-likeness (QED) is 0.829. The Kier molecular flexibility index (Phi) is 4.44. The van der Waals surface area contributed by atoms with Crippen molar-refractivity contribution >= 4 is 5.69 Å². The van der Waals surface area contributed by atoms with Crippen molar-refractivity contribution in [1.82, 2.24) is 4.90 Å². The first-order valence-electron chi connectivity index (χ1n) is 6.40. The number of rotatable bonds is 4. The summed E-state index contributed by atoms with van der Waals surface area (Å²) >= 11 is 0. The fraction of sp³-hybridized carbons (Fsp3) is 0.571. The van der Waals surface area contributed by atoms with Gasteiger partial charge in [0.1, 0.15) is 5.75 Å². The third-order valence-corrected chi connectivity index (χ3v) is 3.61. The van der Waals surface area contributed by atoms with Crippen LogP contribution in [-0.2, 0) is 11.3 Å². The Bertz CT molecular complexity index is 387. The smallest absolute Gasteiger partial charge is 0.120 e. The summed E-state index contributed by atoms with van der Waals surface area (Å²) in [4.78, 5) is 2.42. The molecule has 4 heteroatoms. The van der Waals surface area contributed by atoms with E-state index >= 15 is 0 Å². The first kappa shape index (κ1) is 13.2. The number of piperidine rings is 1. The van der Waals surface area contributed by atoms with Gasteiger partial charge in [-0.2, -0.15) is 0 Å². The third-order valence-electron chi connectivity index (χ3n) is 3.61. The molecule has 0 spiro atoms. The number of benzene rings is 1.